The lowest BCUT2D eigenvalue weighted by molar-refractivity contribution is -0.274. The first-order valence-corrected chi connectivity index (χ1v) is 12.2. The number of amides is 1. The number of hydrogen-bond acceptors (Lipinski definition) is 5. The maximum absolute atomic E-state index is 12.9. The summed E-state index contributed by atoms with van der Waals surface area (Å²) in [5, 5.41) is 0. The van der Waals surface area contributed by atoms with Crippen LogP contribution in [0.25, 0.3) is 11.2 Å². The van der Waals surface area contributed by atoms with Gasteiger partial charge in [-0.3, -0.25) is 4.79 Å². The molecule has 3 N–H and O–H groups in total. The zero-order valence-corrected chi connectivity index (χ0v) is 19.4. The van der Waals surface area contributed by atoms with E-state index in [4.69, 9.17) is 10.7 Å². The van der Waals surface area contributed by atoms with Crippen molar-refractivity contribution in [2.45, 2.75) is 43.5 Å². The van der Waals surface area contributed by atoms with Crippen LogP contribution in [0.3, 0.4) is 0 Å². The van der Waals surface area contributed by atoms with Crippen LogP contribution in [0.5, 0.6) is 5.75 Å². The first kappa shape index (κ1) is 23.0. The number of likely N-dealkylation sites (tertiary alicyclic amines) is 1. The van der Waals surface area contributed by atoms with Gasteiger partial charge in [-0.05, 0) is 72.9 Å². The topological polar surface area (TPSA) is 97.1 Å². The molecule has 4 atom stereocenters. The summed E-state index contributed by atoms with van der Waals surface area (Å²) in [5.74, 6) is 1.60. The van der Waals surface area contributed by atoms with Crippen molar-refractivity contribution < 1.29 is 22.7 Å². The summed E-state index contributed by atoms with van der Waals surface area (Å²) in [5.41, 5.74) is 9.62. The summed E-state index contributed by atoms with van der Waals surface area (Å²) in [6.45, 7) is 1.11. The van der Waals surface area contributed by atoms with Gasteiger partial charge >= 0.3 is 6.36 Å². The normalized spacial score (nSPS) is 26.2. The highest BCUT2D eigenvalue weighted by Gasteiger charge is 2.45. The number of halogens is 3. The summed E-state index contributed by atoms with van der Waals surface area (Å²) in [6, 6.07) is 7.14. The number of nitrogens with one attached hydrogen (secondary N) is 1. The van der Waals surface area contributed by atoms with Gasteiger partial charge in [0.25, 0.3) is 5.91 Å². The number of alkyl halides is 3. The Morgan fingerprint density at radius 1 is 1.08 bits per heavy atom. The standard InChI is InChI=1S/C26H26F3N5O2/c27-26(28,29)36-18-5-3-15(4-6-18)25(35)34-11-8-14(9-12-34)19-7-10-31-24-22(19)32-23(33-24)20-16-1-2-17(13-16)21(20)30/h1-7,10,14,16-17,20-21H,8-9,11-13,30H2,(H,31,32,33). The molecule has 7 nitrogen and oxygen atoms in total. The third-order valence-corrected chi connectivity index (χ3v) is 7.84. The first-order chi connectivity index (χ1) is 17.3. The molecule has 3 aromatic rings. The van der Waals surface area contributed by atoms with E-state index in [-0.39, 0.29) is 29.5 Å². The number of nitrogens with two attached hydrogens (primary N) is 1. The molecule has 1 amide bonds. The van der Waals surface area contributed by atoms with Gasteiger partial charge < -0.3 is 20.4 Å². The van der Waals surface area contributed by atoms with Crippen molar-refractivity contribution in [3.63, 3.8) is 0 Å². The van der Waals surface area contributed by atoms with E-state index in [9.17, 15) is 18.0 Å². The molecule has 3 heterocycles. The van der Waals surface area contributed by atoms with Crippen LogP contribution in [0.15, 0.2) is 48.7 Å². The van der Waals surface area contributed by atoms with E-state index in [2.05, 4.69) is 26.9 Å². The molecular weight excluding hydrogens is 471 g/mol. The fourth-order valence-corrected chi connectivity index (χ4v) is 6.07. The molecule has 2 bridgehead atoms. The van der Waals surface area contributed by atoms with E-state index in [0.717, 1.165) is 48.3 Å². The van der Waals surface area contributed by atoms with Crippen LogP contribution in [0.4, 0.5) is 13.2 Å². The average molecular weight is 498 g/mol. The summed E-state index contributed by atoms with van der Waals surface area (Å²) < 4.78 is 41.0. The van der Waals surface area contributed by atoms with Crippen LogP contribution < -0.4 is 10.5 Å². The minimum Gasteiger partial charge on any atom is -0.406 e. The number of ether oxygens (including phenoxy) is 1. The molecule has 3 aliphatic rings. The number of piperidine rings is 1. The molecule has 1 saturated heterocycles. The predicted octanol–water partition coefficient (Wildman–Crippen LogP) is 4.49. The molecule has 0 radical (unpaired) electrons. The Labute approximate surface area is 205 Å². The number of imidazole rings is 1. The molecule has 10 heteroatoms. The van der Waals surface area contributed by atoms with Gasteiger partial charge in [0.15, 0.2) is 5.65 Å². The van der Waals surface area contributed by atoms with Crippen molar-refractivity contribution >= 4 is 17.1 Å². The number of benzene rings is 1. The molecule has 1 aliphatic heterocycles. The van der Waals surface area contributed by atoms with Crippen LogP contribution in [-0.2, 0) is 0 Å². The van der Waals surface area contributed by atoms with Gasteiger partial charge in [-0.2, -0.15) is 0 Å². The van der Waals surface area contributed by atoms with Crippen molar-refractivity contribution in [2.24, 2.45) is 17.6 Å². The molecule has 1 saturated carbocycles. The van der Waals surface area contributed by atoms with Crippen LogP contribution in [-0.4, -0.2) is 51.3 Å². The first-order valence-electron chi connectivity index (χ1n) is 12.2. The van der Waals surface area contributed by atoms with E-state index >= 15 is 0 Å². The summed E-state index contributed by atoms with van der Waals surface area (Å²) in [6.07, 6.45) is 4.11. The Morgan fingerprint density at radius 2 is 1.81 bits per heavy atom. The molecule has 1 aromatic carbocycles. The Kier molecular flexibility index (Phi) is 5.51. The molecule has 36 heavy (non-hydrogen) atoms. The van der Waals surface area contributed by atoms with E-state index in [1.54, 1.807) is 11.1 Å². The smallest absolute Gasteiger partial charge is 0.406 e. The number of aromatic amines is 1. The Morgan fingerprint density at radius 3 is 2.47 bits per heavy atom. The SMILES string of the molecule is NC1C2C=CC(C2)C1c1nc2nccc(C3CCN(C(=O)c4ccc(OC(F)(F)F)cc4)CC3)c2[nH]1. The van der Waals surface area contributed by atoms with E-state index in [0.29, 0.717) is 36.1 Å². The number of carbonyl (C=O) groups excluding carboxylic acids is 1. The largest absolute Gasteiger partial charge is 0.573 e. The lowest BCUT2D eigenvalue weighted by atomic mass is 9.88. The van der Waals surface area contributed by atoms with Crippen molar-refractivity contribution in [1.82, 2.24) is 19.9 Å². The zero-order chi connectivity index (χ0) is 25.0. The van der Waals surface area contributed by atoms with E-state index in [1.807, 2.05) is 6.07 Å². The van der Waals surface area contributed by atoms with Gasteiger partial charge in [0, 0.05) is 36.8 Å². The van der Waals surface area contributed by atoms with Crippen molar-refractivity contribution in [1.29, 1.82) is 0 Å². The number of carbonyl (C=O) groups is 1. The van der Waals surface area contributed by atoms with Crippen molar-refractivity contribution in [3.05, 3.63) is 65.6 Å². The second-order valence-electron chi connectivity index (χ2n) is 9.91. The fraction of sp³-hybridized carbons (Fsp3) is 0.423. The summed E-state index contributed by atoms with van der Waals surface area (Å²) in [7, 11) is 0. The number of aromatic nitrogens is 3. The number of allylic oxidation sites excluding steroid dienone is 1. The monoisotopic (exact) mass is 497 g/mol. The fourth-order valence-electron chi connectivity index (χ4n) is 6.07. The Hall–Kier alpha value is -3.40. The van der Waals surface area contributed by atoms with Crippen LogP contribution in [0.1, 0.15) is 52.8 Å². The van der Waals surface area contributed by atoms with Crippen LogP contribution >= 0.6 is 0 Å². The molecule has 2 aliphatic carbocycles. The molecule has 6 rings (SSSR count). The molecular formula is C26H26F3N5O2. The summed E-state index contributed by atoms with van der Waals surface area (Å²) >= 11 is 0. The maximum atomic E-state index is 12.9. The molecule has 4 unspecified atom stereocenters. The highest BCUT2D eigenvalue weighted by molar-refractivity contribution is 5.94. The van der Waals surface area contributed by atoms with Gasteiger partial charge in [-0.1, -0.05) is 12.2 Å². The highest BCUT2D eigenvalue weighted by Crippen LogP contribution is 2.47. The zero-order valence-electron chi connectivity index (χ0n) is 19.4. The predicted molar refractivity (Wildman–Crippen MR) is 126 cm³/mol. The van der Waals surface area contributed by atoms with Gasteiger partial charge in [0.05, 0.1) is 5.52 Å². The summed E-state index contributed by atoms with van der Waals surface area (Å²) in [4.78, 5) is 27.5. The highest BCUT2D eigenvalue weighted by atomic mass is 19.4. The third kappa shape index (κ3) is 4.13. The molecule has 2 aromatic heterocycles. The number of nitrogens with zero attached hydrogens (tertiary/aromatic N) is 3. The van der Waals surface area contributed by atoms with Gasteiger partial charge in [-0.15, -0.1) is 13.2 Å². The Bertz CT molecular complexity index is 1310. The lowest BCUT2D eigenvalue weighted by Crippen LogP contribution is -2.38. The van der Waals surface area contributed by atoms with E-state index < -0.39 is 6.36 Å². The minimum atomic E-state index is -4.76. The van der Waals surface area contributed by atoms with E-state index in [1.165, 1.54) is 12.1 Å². The minimum absolute atomic E-state index is 0.0624. The number of rotatable bonds is 4. The quantitative estimate of drug-likeness (QED) is 0.518. The third-order valence-electron chi connectivity index (χ3n) is 7.84. The lowest BCUT2D eigenvalue weighted by Gasteiger charge is -2.32. The van der Waals surface area contributed by atoms with Crippen molar-refractivity contribution in [3.8, 4) is 5.75 Å². The molecule has 0 spiro atoms. The maximum Gasteiger partial charge on any atom is 0.573 e. The number of fused-ring (bicyclic) bond motifs is 3. The van der Waals surface area contributed by atoms with Crippen molar-refractivity contribution in [2.75, 3.05) is 13.1 Å². The molecule has 2 fully saturated rings. The van der Waals surface area contributed by atoms with Crippen LogP contribution in [0.2, 0.25) is 0 Å². The van der Waals surface area contributed by atoms with Gasteiger partial charge in [0.2, 0.25) is 0 Å². The average Bonchev–Trinajstić information content (AvgIpc) is 3.57. The number of pyridine rings is 1. The van der Waals surface area contributed by atoms with Gasteiger partial charge in [-0.25, -0.2) is 9.97 Å². The van der Waals surface area contributed by atoms with Crippen LogP contribution in [0, 0.1) is 11.8 Å². The second kappa shape index (κ2) is 8.62. The van der Waals surface area contributed by atoms with Gasteiger partial charge in [0.1, 0.15) is 11.6 Å². The Balaban J connectivity index is 1.15. The molecule has 188 valence electrons. The number of H-pyrrole nitrogens is 1. The number of hydrogen-bond donors (Lipinski definition) is 2. The second-order valence-corrected chi connectivity index (χ2v) is 9.91.